The first kappa shape index (κ1) is 10.1. The van der Waals surface area contributed by atoms with Crippen LogP contribution in [0.2, 0.25) is 0 Å². The molecule has 0 atom stereocenters. The quantitative estimate of drug-likeness (QED) is 0.543. The normalized spacial score (nSPS) is 9.00. The molecule has 5 heteroatoms. The second-order valence-electron chi connectivity index (χ2n) is 0.136. The third-order valence-electron chi connectivity index (χ3n) is 0. The molecule has 0 saturated carbocycles. The van der Waals surface area contributed by atoms with Crippen molar-refractivity contribution in [1.29, 1.82) is 0 Å². The molecule has 0 aromatic carbocycles. The van der Waals surface area contributed by atoms with E-state index in [-0.39, 0.29) is 6.15 Å². The zero-order chi connectivity index (χ0) is 3.58. The van der Waals surface area contributed by atoms with Gasteiger partial charge in [0.25, 0.3) is 0 Å². The molecule has 0 amide bonds. The van der Waals surface area contributed by atoms with Gasteiger partial charge in [-0.25, -0.2) is 0 Å². The van der Waals surface area contributed by atoms with E-state index in [0.717, 1.165) is 0 Å². The average molecular weight is 451 g/mol. The summed E-state index contributed by atoms with van der Waals surface area (Å²) in [5, 5.41) is 0. The van der Waals surface area contributed by atoms with E-state index < -0.39 is 11.1 Å². The van der Waals surface area contributed by atoms with Crippen molar-refractivity contribution in [2.75, 3.05) is 0 Å². The monoisotopic (exact) mass is 448 g/mol. The summed E-state index contributed by atoms with van der Waals surface area (Å²) in [4.78, 5) is 0. The molecule has 5 heavy (non-hydrogen) atoms. The van der Waals surface area contributed by atoms with Crippen molar-refractivity contribution >= 4 is 39.9 Å². The van der Waals surface area contributed by atoms with E-state index >= 15 is 0 Å². The summed E-state index contributed by atoms with van der Waals surface area (Å²) in [5.41, 5.74) is 0. The van der Waals surface area contributed by atoms with Crippen LogP contribution in [-0.2, 0) is 11.1 Å². The zero-order valence-corrected chi connectivity index (χ0v) is 9.06. The van der Waals surface area contributed by atoms with Gasteiger partial charge in [-0.3, -0.25) is 0 Å². The van der Waals surface area contributed by atoms with E-state index in [2.05, 4.69) is 39.9 Å². The minimum absolute atomic E-state index is 0. The summed E-state index contributed by atoms with van der Waals surface area (Å²) in [6, 6.07) is 0. The van der Waals surface area contributed by atoms with Crippen LogP contribution in [0.1, 0.15) is 0 Å². The van der Waals surface area contributed by atoms with Gasteiger partial charge < -0.3 is 6.15 Å². The van der Waals surface area contributed by atoms with Crippen LogP contribution in [0.25, 0.3) is 6.15 Å². The molecule has 0 saturated heterocycles. The van der Waals surface area contributed by atoms with Gasteiger partial charge >= 0.3 is 51.0 Å². The SMILES string of the molecule is [Br][Pt]([Br])[Br].[NH2-]. The van der Waals surface area contributed by atoms with Gasteiger partial charge in [-0.15, -0.1) is 0 Å². The smallest absolute Gasteiger partial charge is 0.693 e. The predicted octanol–water partition coefficient (Wildman–Crippen LogP) is 3.25. The van der Waals surface area contributed by atoms with E-state index in [0.29, 0.717) is 0 Å². The molecule has 2 N–H and O–H groups in total. The molecular weight excluding hydrogens is 449 g/mol. The van der Waals surface area contributed by atoms with Gasteiger partial charge in [-0.1, -0.05) is 0 Å². The Morgan fingerprint density at radius 3 is 1.00 bits per heavy atom. The number of hydrogen-bond donors (Lipinski definition) is 0. The molecule has 0 heterocycles. The first-order chi connectivity index (χ1) is 1.73. The molecule has 0 radical (unpaired) electrons. The predicted molar refractivity (Wildman–Crippen MR) is 32.1 cm³/mol. The van der Waals surface area contributed by atoms with Crippen LogP contribution in [0.3, 0.4) is 0 Å². The molecule has 1 nitrogen and oxygen atoms in total. The van der Waals surface area contributed by atoms with Crippen LogP contribution in [0.4, 0.5) is 0 Å². The standard InChI is InChI=1S/3BrH.H2N.Pt/h3*1H;1H2;/q;;;-1;+3/p-3. The Bertz CT molecular complexity index is 11.6. The summed E-state index contributed by atoms with van der Waals surface area (Å²) in [6.45, 7) is 0. The van der Waals surface area contributed by atoms with Crippen LogP contribution >= 0.6 is 39.9 Å². The average Bonchev–Trinajstić information content (AvgIpc) is 0.811. The summed E-state index contributed by atoms with van der Waals surface area (Å²) in [5.74, 6) is 0. The van der Waals surface area contributed by atoms with Gasteiger partial charge in [0.1, 0.15) is 0 Å². The fourth-order valence-corrected chi connectivity index (χ4v) is 0. The Labute approximate surface area is 56.5 Å². The Hall–Kier alpha value is 2.09. The van der Waals surface area contributed by atoms with E-state index in [1.165, 1.54) is 0 Å². The summed E-state index contributed by atoms with van der Waals surface area (Å²) < 4.78 is 0. The van der Waals surface area contributed by atoms with Crippen molar-refractivity contribution in [1.82, 2.24) is 0 Å². The first-order valence-corrected chi connectivity index (χ1v) is 15.3. The fraction of sp³-hybridized carbons (Fsp3) is 0. The number of nitrogens with two attached hydrogens (primary N) is 1. The minimum Gasteiger partial charge on any atom is -0.693 e. The van der Waals surface area contributed by atoms with Gasteiger partial charge in [-0.05, 0) is 0 Å². The van der Waals surface area contributed by atoms with Crippen molar-refractivity contribution in [3.63, 3.8) is 0 Å². The van der Waals surface area contributed by atoms with Gasteiger partial charge in [0.2, 0.25) is 0 Å². The number of halogens is 3. The molecule has 0 bridgehead atoms. The zero-order valence-electron chi connectivity index (χ0n) is 2.03. The Morgan fingerprint density at radius 2 is 1.00 bits per heavy atom. The maximum atomic E-state index is 3.26. The van der Waals surface area contributed by atoms with Crippen LogP contribution in [-0.4, -0.2) is 0 Å². The van der Waals surface area contributed by atoms with Gasteiger partial charge in [0, 0.05) is 0 Å². The Morgan fingerprint density at radius 1 is 1.00 bits per heavy atom. The summed E-state index contributed by atoms with van der Waals surface area (Å²) in [7, 11) is 0. The van der Waals surface area contributed by atoms with Crippen LogP contribution in [0.5, 0.6) is 0 Å². The fourth-order valence-electron chi connectivity index (χ4n) is 0. The molecule has 0 spiro atoms. The van der Waals surface area contributed by atoms with Crippen molar-refractivity contribution in [2.45, 2.75) is 0 Å². The molecule has 0 aliphatic rings. The molecule has 0 unspecified atom stereocenters. The third-order valence-corrected chi connectivity index (χ3v) is 0. The summed E-state index contributed by atoms with van der Waals surface area (Å²) >= 11 is 8.95. The van der Waals surface area contributed by atoms with Crippen LogP contribution in [0, 0.1) is 0 Å². The van der Waals surface area contributed by atoms with Crippen molar-refractivity contribution < 1.29 is 11.1 Å². The molecule has 0 fully saturated rings. The first-order valence-electron chi connectivity index (χ1n) is 0.359. The number of rotatable bonds is 0. The molecule has 0 aromatic rings. The number of hydrogen-bond acceptors (Lipinski definition) is 0. The molecule has 0 aliphatic carbocycles. The maximum Gasteiger partial charge on any atom is -0.693 e. The Kier molecular flexibility index (Phi) is 12.4. The molecule has 0 rings (SSSR count). The van der Waals surface area contributed by atoms with Crippen LogP contribution in [0.15, 0.2) is 0 Å². The third kappa shape index (κ3) is 23.3. The molecule has 39 valence electrons. The topological polar surface area (TPSA) is 33.5 Å². The summed E-state index contributed by atoms with van der Waals surface area (Å²) in [6.07, 6.45) is 0. The molecular formula is H2Br3NPt-. The van der Waals surface area contributed by atoms with E-state index in [9.17, 15) is 0 Å². The van der Waals surface area contributed by atoms with Gasteiger partial charge in [0.15, 0.2) is 0 Å². The van der Waals surface area contributed by atoms with Crippen LogP contribution < -0.4 is 0 Å². The molecule has 0 aliphatic heterocycles. The van der Waals surface area contributed by atoms with E-state index in [1.807, 2.05) is 0 Å². The van der Waals surface area contributed by atoms with E-state index in [4.69, 9.17) is 0 Å². The van der Waals surface area contributed by atoms with Crippen molar-refractivity contribution in [3.05, 3.63) is 6.15 Å². The van der Waals surface area contributed by atoms with Gasteiger partial charge in [0.05, 0.1) is 0 Å². The molecule has 0 aromatic heterocycles. The minimum atomic E-state index is -0.831. The second kappa shape index (κ2) is 6.09. The van der Waals surface area contributed by atoms with Crippen molar-refractivity contribution in [3.8, 4) is 0 Å². The van der Waals surface area contributed by atoms with Crippen molar-refractivity contribution in [2.24, 2.45) is 0 Å². The largest absolute Gasteiger partial charge is 0.693 e. The van der Waals surface area contributed by atoms with Gasteiger partial charge in [-0.2, -0.15) is 0 Å². The Balaban J connectivity index is 0. The second-order valence-corrected chi connectivity index (χ2v) is 30.0. The maximum absolute atomic E-state index is 3.26. The van der Waals surface area contributed by atoms with E-state index in [1.54, 1.807) is 0 Å².